The number of amides is 1. The van der Waals surface area contributed by atoms with Crippen LogP contribution < -0.4 is 19.5 Å². The predicted molar refractivity (Wildman–Crippen MR) is 128 cm³/mol. The van der Waals surface area contributed by atoms with Gasteiger partial charge in [-0.3, -0.25) is 4.79 Å². The summed E-state index contributed by atoms with van der Waals surface area (Å²) in [6, 6.07) is 20.6. The van der Waals surface area contributed by atoms with E-state index in [1.807, 2.05) is 30.3 Å². The monoisotopic (exact) mass is 488 g/mol. The first-order valence-electron chi connectivity index (χ1n) is 10.2. The number of rotatable bonds is 10. The van der Waals surface area contributed by atoms with Gasteiger partial charge in [-0.2, -0.15) is 0 Å². The fourth-order valence-electron chi connectivity index (χ4n) is 2.86. The summed E-state index contributed by atoms with van der Waals surface area (Å²) in [6.07, 6.45) is 0. The molecule has 0 aliphatic carbocycles. The molecule has 0 aliphatic heterocycles. The second kappa shape index (κ2) is 11.2. The lowest BCUT2D eigenvalue weighted by atomic mass is 10.2. The maximum absolute atomic E-state index is 12.2. The molecule has 0 aromatic heterocycles. The molecule has 9 heteroatoms. The topological polar surface area (TPSA) is 93.7 Å². The number of halogens is 1. The Labute approximate surface area is 198 Å². The van der Waals surface area contributed by atoms with E-state index >= 15 is 0 Å². The van der Waals surface area contributed by atoms with Gasteiger partial charge in [0.25, 0.3) is 5.91 Å². The number of benzene rings is 3. The fraction of sp³-hybridized carbons (Fsp3) is 0.208. The number of hydrogen-bond donors (Lipinski definition) is 2. The summed E-state index contributed by atoms with van der Waals surface area (Å²) >= 11 is 6.14. The molecule has 0 atom stereocenters. The van der Waals surface area contributed by atoms with Crippen LogP contribution in [0.15, 0.2) is 77.7 Å². The largest absolute Gasteiger partial charge is 0.489 e. The Kier molecular flexibility index (Phi) is 8.32. The molecular formula is C24H25ClN2O5S. The molecule has 0 bridgehead atoms. The van der Waals surface area contributed by atoms with Gasteiger partial charge in [0.15, 0.2) is 6.61 Å². The Bertz CT molecular complexity index is 1180. The van der Waals surface area contributed by atoms with Crippen molar-refractivity contribution >= 4 is 33.2 Å². The smallest absolute Gasteiger partial charge is 0.262 e. The van der Waals surface area contributed by atoms with Crippen molar-refractivity contribution in [3.8, 4) is 11.5 Å². The zero-order valence-electron chi connectivity index (χ0n) is 18.2. The Morgan fingerprint density at radius 3 is 2.30 bits per heavy atom. The van der Waals surface area contributed by atoms with E-state index in [1.54, 1.807) is 38.1 Å². The molecule has 0 radical (unpaired) electrons. The van der Waals surface area contributed by atoms with Gasteiger partial charge in [0.1, 0.15) is 18.1 Å². The van der Waals surface area contributed by atoms with E-state index in [2.05, 4.69) is 10.0 Å². The van der Waals surface area contributed by atoms with Crippen molar-refractivity contribution in [3.63, 3.8) is 0 Å². The molecule has 2 N–H and O–H groups in total. The van der Waals surface area contributed by atoms with E-state index in [1.165, 1.54) is 18.2 Å². The number of sulfonamides is 1. The van der Waals surface area contributed by atoms with Crippen molar-refractivity contribution in [2.45, 2.75) is 31.4 Å². The van der Waals surface area contributed by atoms with Gasteiger partial charge in [-0.25, -0.2) is 13.1 Å². The third-order valence-corrected chi connectivity index (χ3v) is 6.30. The molecule has 1 amide bonds. The van der Waals surface area contributed by atoms with Crippen LogP contribution in [0.25, 0.3) is 0 Å². The Balaban J connectivity index is 1.51. The van der Waals surface area contributed by atoms with Gasteiger partial charge in [0, 0.05) is 11.7 Å². The van der Waals surface area contributed by atoms with Gasteiger partial charge in [-0.05, 0) is 61.9 Å². The number of anilines is 1. The van der Waals surface area contributed by atoms with Crippen LogP contribution in [0.4, 0.5) is 5.69 Å². The lowest BCUT2D eigenvalue weighted by molar-refractivity contribution is -0.118. The van der Waals surface area contributed by atoms with E-state index in [-0.39, 0.29) is 34.2 Å². The van der Waals surface area contributed by atoms with E-state index in [4.69, 9.17) is 21.1 Å². The minimum absolute atomic E-state index is 0.0209. The van der Waals surface area contributed by atoms with Crippen molar-refractivity contribution in [3.05, 3.63) is 83.4 Å². The molecule has 3 rings (SSSR count). The van der Waals surface area contributed by atoms with E-state index in [0.29, 0.717) is 18.0 Å². The predicted octanol–water partition coefficient (Wildman–Crippen LogP) is 4.62. The molecule has 174 valence electrons. The summed E-state index contributed by atoms with van der Waals surface area (Å²) in [5.41, 5.74) is 1.65. The Hall–Kier alpha value is -3.07. The minimum Gasteiger partial charge on any atom is -0.489 e. The van der Waals surface area contributed by atoms with Crippen LogP contribution in [0.5, 0.6) is 11.5 Å². The Morgan fingerprint density at radius 1 is 0.970 bits per heavy atom. The number of hydrogen-bond acceptors (Lipinski definition) is 5. The molecule has 3 aromatic carbocycles. The summed E-state index contributed by atoms with van der Waals surface area (Å²) in [4.78, 5) is 12.2. The van der Waals surface area contributed by atoms with E-state index < -0.39 is 10.0 Å². The molecule has 0 saturated carbocycles. The third kappa shape index (κ3) is 7.49. The van der Waals surface area contributed by atoms with Gasteiger partial charge in [0.05, 0.1) is 9.92 Å². The second-order valence-corrected chi connectivity index (χ2v) is 9.62. The zero-order valence-corrected chi connectivity index (χ0v) is 19.8. The molecule has 7 nitrogen and oxygen atoms in total. The van der Waals surface area contributed by atoms with Gasteiger partial charge >= 0.3 is 0 Å². The van der Waals surface area contributed by atoms with Gasteiger partial charge < -0.3 is 14.8 Å². The molecule has 0 aliphatic rings. The first-order valence-corrected chi connectivity index (χ1v) is 12.1. The number of carbonyl (C=O) groups is 1. The summed E-state index contributed by atoms with van der Waals surface area (Å²) in [5, 5.41) is 2.81. The third-order valence-electron chi connectivity index (χ3n) is 4.35. The normalized spacial score (nSPS) is 11.3. The van der Waals surface area contributed by atoms with Crippen LogP contribution in [-0.4, -0.2) is 27.0 Å². The van der Waals surface area contributed by atoms with Crippen molar-refractivity contribution in [1.29, 1.82) is 0 Å². The van der Waals surface area contributed by atoms with Crippen molar-refractivity contribution in [1.82, 2.24) is 4.72 Å². The molecule has 0 spiro atoms. The molecule has 3 aromatic rings. The van der Waals surface area contributed by atoms with Crippen molar-refractivity contribution in [2.75, 3.05) is 11.9 Å². The van der Waals surface area contributed by atoms with Gasteiger partial charge in [-0.1, -0.05) is 41.9 Å². The highest BCUT2D eigenvalue weighted by atomic mass is 35.5. The number of nitrogens with one attached hydrogen (secondary N) is 2. The summed E-state index contributed by atoms with van der Waals surface area (Å²) in [5.74, 6) is 0.504. The maximum Gasteiger partial charge on any atom is 0.262 e. The standard InChI is InChI=1S/C24H25ClN2O5S/c1-17(2)27-33(29,30)21-12-13-23(22(25)14-21)32-16-24(28)26-19-8-10-20(11-9-19)31-15-18-6-4-3-5-7-18/h3-14,17,27H,15-16H2,1-2H3,(H,26,28). The lowest BCUT2D eigenvalue weighted by Crippen LogP contribution is -2.30. The summed E-state index contributed by atoms with van der Waals surface area (Å²) < 4.78 is 38.1. The van der Waals surface area contributed by atoms with Crippen LogP contribution in [-0.2, 0) is 21.4 Å². The SMILES string of the molecule is CC(C)NS(=O)(=O)c1ccc(OCC(=O)Nc2ccc(OCc3ccccc3)cc2)c(Cl)c1. The molecule has 33 heavy (non-hydrogen) atoms. The highest BCUT2D eigenvalue weighted by Gasteiger charge is 2.17. The van der Waals surface area contributed by atoms with Crippen LogP contribution in [0.1, 0.15) is 19.4 Å². The van der Waals surface area contributed by atoms with Crippen LogP contribution in [0, 0.1) is 0 Å². The summed E-state index contributed by atoms with van der Waals surface area (Å²) in [6.45, 7) is 3.61. The maximum atomic E-state index is 12.2. The highest BCUT2D eigenvalue weighted by molar-refractivity contribution is 7.89. The average Bonchev–Trinajstić information content (AvgIpc) is 2.77. The quantitative estimate of drug-likeness (QED) is 0.434. The number of carbonyl (C=O) groups excluding carboxylic acids is 1. The minimum atomic E-state index is -3.67. The molecule has 0 heterocycles. The molecule has 0 fully saturated rings. The molecule has 0 saturated heterocycles. The van der Waals surface area contributed by atoms with Crippen molar-refractivity contribution in [2.24, 2.45) is 0 Å². The zero-order chi connectivity index (χ0) is 23.8. The van der Waals surface area contributed by atoms with Crippen LogP contribution in [0.2, 0.25) is 5.02 Å². The number of ether oxygens (including phenoxy) is 2. The van der Waals surface area contributed by atoms with E-state index in [0.717, 1.165) is 5.56 Å². The van der Waals surface area contributed by atoms with Gasteiger partial charge in [-0.15, -0.1) is 0 Å². The molecule has 0 unspecified atom stereocenters. The second-order valence-electron chi connectivity index (χ2n) is 7.50. The summed E-state index contributed by atoms with van der Waals surface area (Å²) in [7, 11) is -3.67. The first-order chi connectivity index (χ1) is 15.7. The average molecular weight is 489 g/mol. The first kappa shape index (κ1) is 24.6. The fourth-order valence-corrected chi connectivity index (χ4v) is 4.44. The lowest BCUT2D eigenvalue weighted by Gasteiger charge is -2.12. The van der Waals surface area contributed by atoms with Crippen LogP contribution >= 0.6 is 11.6 Å². The van der Waals surface area contributed by atoms with E-state index in [9.17, 15) is 13.2 Å². The van der Waals surface area contributed by atoms with Gasteiger partial charge in [0.2, 0.25) is 10.0 Å². The van der Waals surface area contributed by atoms with Crippen molar-refractivity contribution < 1.29 is 22.7 Å². The Morgan fingerprint density at radius 2 is 1.67 bits per heavy atom. The molecular weight excluding hydrogens is 464 g/mol. The highest BCUT2D eigenvalue weighted by Crippen LogP contribution is 2.27. The van der Waals surface area contributed by atoms with Crippen LogP contribution in [0.3, 0.4) is 0 Å².